The largest absolute Gasteiger partial charge is 0.341 e. The standard InChI is InChI=1S/C14H20N2OS.ClH/c17-14(16-8-2-6-15-7-9-16)12-3-1-4-13-11(12)5-10-18-13;/h5,10,12,15H,1-4,6-9H2;1H. The monoisotopic (exact) mass is 300 g/mol. The molecule has 1 saturated heterocycles. The second kappa shape index (κ2) is 6.73. The molecule has 106 valence electrons. The molecule has 0 aromatic carbocycles. The van der Waals surface area contributed by atoms with Gasteiger partial charge in [0, 0.05) is 24.5 Å². The number of thiophene rings is 1. The maximum absolute atomic E-state index is 12.7. The Kier molecular flexibility index (Phi) is 5.25. The summed E-state index contributed by atoms with van der Waals surface area (Å²) in [6.45, 7) is 3.77. The van der Waals surface area contributed by atoms with Gasteiger partial charge in [-0.25, -0.2) is 0 Å². The molecule has 1 unspecified atom stereocenters. The number of amides is 1. The molecule has 3 rings (SSSR count). The van der Waals surface area contributed by atoms with Gasteiger partial charge in [-0.3, -0.25) is 4.79 Å². The van der Waals surface area contributed by atoms with Crippen LogP contribution in [0.3, 0.4) is 0 Å². The quantitative estimate of drug-likeness (QED) is 0.864. The van der Waals surface area contributed by atoms with Crippen LogP contribution in [0.15, 0.2) is 11.4 Å². The second-order valence-corrected chi connectivity index (χ2v) is 6.17. The van der Waals surface area contributed by atoms with Crippen LogP contribution in [-0.2, 0) is 11.2 Å². The highest BCUT2D eigenvalue weighted by Gasteiger charge is 2.30. The van der Waals surface area contributed by atoms with Gasteiger partial charge in [-0.1, -0.05) is 0 Å². The van der Waals surface area contributed by atoms with E-state index in [1.54, 1.807) is 0 Å². The van der Waals surface area contributed by atoms with Crippen LogP contribution in [0, 0.1) is 0 Å². The Morgan fingerprint density at radius 3 is 3.11 bits per heavy atom. The van der Waals surface area contributed by atoms with E-state index in [4.69, 9.17) is 0 Å². The molecule has 2 heterocycles. The Labute approximate surface area is 124 Å². The molecule has 2 aliphatic rings. The van der Waals surface area contributed by atoms with E-state index in [2.05, 4.69) is 21.7 Å². The van der Waals surface area contributed by atoms with E-state index < -0.39 is 0 Å². The first-order valence-corrected chi connectivity index (χ1v) is 7.80. The maximum Gasteiger partial charge on any atom is 0.230 e. The highest BCUT2D eigenvalue weighted by atomic mass is 35.5. The zero-order valence-corrected chi connectivity index (χ0v) is 12.7. The Morgan fingerprint density at radius 1 is 1.32 bits per heavy atom. The van der Waals surface area contributed by atoms with Crippen LogP contribution in [0.4, 0.5) is 0 Å². The number of carbonyl (C=O) groups is 1. The van der Waals surface area contributed by atoms with Gasteiger partial charge in [0.2, 0.25) is 5.91 Å². The highest BCUT2D eigenvalue weighted by molar-refractivity contribution is 7.10. The smallest absolute Gasteiger partial charge is 0.230 e. The topological polar surface area (TPSA) is 32.3 Å². The Bertz CT molecular complexity index is 427. The summed E-state index contributed by atoms with van der Waals surface area (Å²) in [7, 11) is 0. The van der Waals surface area contributed by atoms with Crippen LogP contribution >= 0.6 is 23.7 Å². The number of halogens is 1. The van der Waals surface area contributed by atoms with E-state index in [-0.39, 0.29) is 18.3 Å². The van der Waals surface area contributed by atoms with Crippen molar-refractivity contribution < 1.29 is 4.79 Å². The number of nitrogens with one attached hydrogen (secondary N) is 1. The third kappa shape index (κ3) is 3.12. The summed E-state index contributed by atoms with van der Waals surface area (Å²) in [5, 5.41) is 5.50. The van der Waals surface area contributed by atoms with Gasteiger partial charge >= 0.3 is 0 Å². The van der Waals surface area contributed by atoms with Crippen molar-refractivity contribution in [2.75, 3.05) is 26.2 Å². The van der Waals surface area contributed by atoms with E-state index >= 15 is 0 Å². The molecule has 0 saturated carbocycles. The number of hydrogen-bond acceptors (Lipinski definition) is 3. The zero-order chi connectivity index (χ0) is 12.4. The molecule has 19 heavy (non-hydrogen) atoms. The molecule has 0 radical (unpaired) electrons. The minimum absolute atomic E-state index is 0. The summed E-state index contributed by atoms with van der Waals surface area (Å²) >= 11 is 1.81. The molecule has 5 heteroatoms. The van der Waals surface area contributed by atoms with E-state index in [0.29, 0.717) is 5.91 Å². The lowest BCUT2D eigenvalue weighted by Gasteiger charge is -2.28. The van der Waals surface area contributed by atoms with Gasteiger partial charge in [-0.2, -0.15) is 0 Å². The number of fused-ring (bicyclic) bond motifs is 1. The van der Waals surface area contributed by atoms with Gasteiger partial charge in [0.1, 0.15) is 0 Å². The molecule has 1 aliphatic heterocycles. The first-order chi connectivity index (χ1) is 8.86. The number of carbonyl (C=O) groups excluding carboxylic acids is 1. The molecule has 1 amide bonds. The molecule has 1 aromatic rings. The van der Waals surface area contributed by atoms with Crippen LogP contribution in [-0.4, -0.2) is 37.0 Å². The lowest BCUT2D eigenvalue weighted by atomic mass is 9.86. The van der Waals surface area contributed by atoms with Crippen LogP contribution in [0.25, 0.3) is 0 Å². The number of hydrogen-bond donors (Lipinski definition) is 1. The molecule has 3 nitrogen and oxygen atoms in total. The molecule has 0 spiro atoms. The molecule has 1 fully saturated rings. The fourth-order valence-electron chi connectivity index (χ4n) is 3.03. The molecular weight excluding hydrogens is 280 g/mol. The van der Waals surface area contributed by atoms with E-state index in [1.807, 2.05) is 11.3 Å². The molecule has 1 N–H and O–H groups in total. The molecule has 0 bridgehead atoms. The van der Waals surface area contributed by atoms with E-state index in [9.17, 15) is 4.79 Å². The fourth-order valence-corrected chi connectivity index (χ4v) is 4.02. The number of aryl methyl sites for hydroxylation is 1. The van der Waals surface area contributed by atoms with Crippen molar-refractivity contribution in [2.45, 2.75) is 31.6 Å². The Morgan fingerprint density at radius 2 is 2.21 bits per heavy atom. The average molecular weight is 301 g/mol. The van der Waals surface area contributed by atoms with Crippen molar-refractivity contribution in [1.29, 1.82) is 0 Å². The first kappa shape index (κ1) is 14.8. The normalized spacial score (nSPS) is 23.2. The van der Waals surface area contributed by atoms with Gasteiger partial charge in [0.15, 0.2) is 0 Å². The third-order valence-electron chi connectivity index (χ3n) is 4.00. The van der Waals surface area contributed by atoms with Crippen LogP contribution in [0.2, 0.25) is 0 Å². The summed E-state index contributed by atoms with van der Waals surface area (Å²) in [5.41, 5.74) is 1.31. The molecule has 1 aromatic heterocycles. The highest BCUT2D eigenvalue weighted by Crippen LogP contribution is 2.36. The van der Waals surface area contributed by atoms with Crippen molar-refractivity contribution in [3.63, 3.8) is 0 Å². The summed E-state index contributed by atoms with van der Waals surface area (Å²) in [6, 6.07) is 2.16. The minimum Gasteiger partial charge on any atom is -0.341 e. The van der Waals surface area contributed by atoms with E-state index in [0.717, 1.165) is 45.4 Å². The van der Waals surface area contributed by atoms with Crippen molar-refractivity contribution in [2.24, 2.45) is 0 Å². The van der Waals surface area contributed by atoms with Crippen molar-refractivity contribution in [3.05, 3.63) is 21.9 Å². The lowest BCUT2D eigenvalue weighted by molar-refractivity contribution is -0.133. The minimum atomic E-state index is 0. The second-order valence-electron chi connectivity index (χ2n) is 5.17. The Hall–Kier alpha value is -0.580. The third-order valence-corrected chi connectivity index (χ3v) is 5.00. The first-order valence-electron chi connectivity index (χ1n) is 6.92. The van der Waals surface area contributed by atoms with Crippen molar-refractivity contribution in [1.82, 2.24) is 10.2 Å². The fraction of sp³-hybridized carbons (Fsp3) is 0.643. The zero-order valence-electron chi connectivity index (χ0n) is 11.1. The Balaban J connectivity index is 0.00000133. The predicted molar refractivity (Wildman–Crippen MR) is 81.3 cm³/mol. The SMILES string of the molecule is Cl.O=C(C1CCCc2sccc21)N1CCCNCC1. The summed E-state index contributed by atoms with van der Waals surface area (Å²) in [6.07, 6.45) is 4.44. The van der Waals surface area contributed by atoms with Gasteiger partial charge < -0.3 is 10.2 Å². The molecular formula is C14H21ClN2OS. The van der Waals surface area contributed by atoms with Gasteiger partial charge in [0.25, 0.3) is 0 Å². The molecule has 1 atom stereocenters. The van der Waals surface area contributed by atoms with Gasteiger partial charge in [0.05, 0.1) is 5.92 Å². The van der Waals surface area contributed by atoms with Crippen molar-refractivity contribution >= 4 is 29.7 Å². The van der Waals surface area contributed by atoms with Crippen LogP contribution < -0.4 is 5.32 Å². The lowest BCUT2D eigenvalue weighted by Crippen LogP contribution is -2.38. The summed E-state index contributed by atoms with van der Waals surface area (Å²) in [5.74, 6) is 0.496. The summed E-state index contributed by atoms with van der Waals surface area (Å²) in [4.78, 5) is 16.2. The maximum atomic E-state index is 12.7. The van der Waals surface area contributed by atoms with Gasteiger partial charge in [-0.05, 0) is 49.2 Å². The number of rotatable bonds is 1. The van der Waals surface area contributed by atoms with Gasteiger partial charge in [-0.15, -0.1) is 23.7 Å². The van der Waals surface area contributed by atoms with Crippen LogP contribution in [0.1, 0.15) is 35.6 Å². The summed E-state index contributed by atoms with van der Waals surface area (Å²) < 4.78 is 0. The van der Waals surface area contributed by atoms with E-state index in [1.165, 1.54) is 16.9 Å². The number of nitrogens with zero attached hydrogens (tertiary/aromatic N) is 1. The predicted octanol–water partition coefficient (Wildman–Crippen LogP) is 2.41. The molecule has 1 aliphatic carbocycles. The van der Waals surface area contributed by atoms with Crippen molar-refractivity contribution in [3.8, 4) is 0 Å². The average Bonchev–Trinajstić information content (AvgIpc) is 2.71. The van der Waals surface area contributed by atoms with Crippen LogP contribution in [0.5, 0.6) is 0 Å².